The van der Waals surface area contributed by atoms with E-state index in [1.165, 1.54) is 36.7 Å². The highest BCUT2D eigenvalue weighted by Crippen LogP contribution is 2.24. The Balaban J connectivity index is 2.22. The lowest BCUT2D eigenvalue weighted by Crippen LogP contribution is -2.12. The first-order valence-corrected chi connectivity index (χ1v) is 5.83. The molecule has 0 unspecified atom stereocenters. The third-order valence-electron chi connectivity index (χ3n) is 2.45. The molecule has 3 N–H and O–H groups in total. The Labute approximate surface area is 118 Å². The number of halogens is 1. The molecular weight excluding hydrogens is 284 g/mol. The molecule has 1 amide bonds. The van der Waals surface area contributed by atoms with Crippen LogP contribution in [0.25, 0.3) is 0 Å². The molecule has 1 aromatic carbocycles. The summed E-state index contributed by atoms with van der Waals surface area (Å²) >= 11 is 5.89. The normalized spacial score (nSPS) is 10.1. The Bertz CT molecular complexity index is 688. The first-order chi connectivity index (χ1) is 9.47. The summed E-state index contributed by atoms with van der Waals surface area (Å²) in [5, 5.41) is 20.7. The quantitative estimate of drug-likeness (QED) is 0.806. The fourth-order valence-electron chi connectivity index (χ4n) is 1.50. The Morgan fingerprint density at radius 1 is 1.15 bits per heavy atom. The van der Waals surface area contributed by atoms with Crippen LogP contribution in [0.3, 0.4) is 0 Å². The molecule has 0 aliphatic rings. The predicted molar refractivity (Wildman–Crippen MR) is 72.3 cm³/mol. The van der Waals surface area contributed by atoms with Gasteiger partial charge in [-0.15, -0.1) is 0 Å². The fraction of sp³-hybridized carbons (Fsp3) is 0. The highest BCUT2D eigenvalue weighted by Gasteiger charge is 2.11. The van der Waals surface area contributed by atoms with Crippen LogP contribution < -0.4 is 5.32 Å². The molecule has 0 spiro atoms. The number of carbonyl (C=O) groups is 2. The SMILES string of the molecule is O=C(O)c1ccc(NC(=O)c2cncc(O)c2)c(Cl)c1. The fourth-order valence-corrected chi connectivity index (χ4v) is 1.72. The van der Waals surface area contributed by atoms with E-state index in [1.54, 1.807) is 0 Å². The van der Waals surface area contributed by atoms with Crippen molar-refractivity contribution in [1.29, 1.82) is 0 Å². The molecule has 1 heterocycles. The highest BCUT2D eigenvalue weighted by molar-refractivity contribution is 6.34. The third-order valence-corrected chi connectivity index (χ3v) is 2.76. The minimum Gasteiger partial charge on any atom is -0.506 e. The van der Waals surface area contributed by atoms with Gasteiger partial charge in [0.05, 0.1) is 28.0 Å². The molecule has 2 rings (SSSR count). The third kappa shape index (κ3) is 3.04. The molecule has 20 heavy (non-hydrogen) atoms. The molecule has 102 valence electrons. The van der Waals surface area contributed by atoms with Gasteiger partial charge in [0, 0.05) is 6.20 Å². The number of nitrogens with one attached hydrogen (secondary N) is 1. The predicted octanol–water partition coefficient (Wildman–Crippen LogP) is 2.39. The second kappa shape index (κ2) is 5.58. The van der Waals surface area contributed by atoms with E-state index in [9.17, 15) is 14.7 Å². The lowest BCUT2D eigenvalue weighted by molar-refractivity contribution is 0.0696. The van der Waals surface area contributed by atoms with Crippen LogP contribution in [0.15, 0.2) is 36.7 Å². The van der Waals surface area contributed by atoms with Crippen molar-refractivity contribution in [2.75, 3.05) is 5.32 Å². The number of anilines is 1. The van der Waals surface area contributed by atoms with Crippen molar-refractivity contribution in [3.05, 3.63) is 52.8 Å². The van der Waals surface area contributed by atoms with E-state index < -0.39 is 11.9 Å². The Kier molecular flexibility index (Phi) is 3.86. The van der Waals surface area contributed by atoms with Crippen LogP contribution in [-0.2, 0) is 0 Å². The maximum absolute atomic E-state index is 11.9. The van der Waals surface area contributed by atoms with Gasteiger partial charge < -0.3 is 15.5 Å². The zero-order valence-corrected chi connectivity index (χ0v) is 10.8. The van der Waals surface area contributed by atoms with Crippen LogP contribution in [0.4, 0.5) is 5.69 Å². The lowest BCUT2D eigenvalue weighted by Gasteiger charge is -2.08. The standard InChI is InChI=1S/C13H9ClN2O4/c14-10-4-7(13(19)20)1-2-11(10)16-12(18)8-3-9(17)6-15-5-8/h1-6,17H,(H,16,18)(H,19,20). The lowest BCUT2D eigenvalue weighted by atomic mass is 10.2. The highest BCUT2D eigenvalue weighted by atomic mass is 35.5. The van der Waals surface area contributed by atoms with Gasteiger partial charge in [-0.2, -0.15) is 0 Å². The molecule has 2 aromatic rings. The minimum absolute atomic E-state index is 0.0204. The van der Waals surface area contributed by atoms with Gasteiger partial charge in [0.2, 0.25) is 0 Å². The number of benzene rings is 1. The van der Waals surface area contributed by atoms with Crippen LogP contribution in [0.5, 0.6) is 5.75 Å². The maximum Gasteiger partial charge on any atom is 0.335 e. The van der Waals surface area contributed by atoms with Crippen molar-refractivity contribution in [2.45, 2.75) is 0 Å². The monoisotopic (exact) mass is 292 g/mol. The second-order valence-electron chi connectivity index (χ2n) is 3.89. The van der Waals surface area contributed by atoms with Gasteiger partial charge in [-0.1, -0.05) is 11.6 Å². The average Bonchev–Trinajstić information content (AvgIpc) is 2.40. The number of hydrogen-bond donors (Lipinski definition) is 3. The van der Waals surface area contributed by atoms with E-state index >= 15 is 0 Å². The van der Waals surface area contributed by atoms with Gasteiger partial charge in [0.25, 0.3) is 5.91 Å². The van der Waals surface area contributed by atoms with Crippen LogP contribution in [0.2, 0.25) is 5.02 Å². The second-order valence-corrected chi connectivity index (χ2v) is 4.29. The smallest absolute Gasteiger partial charge is 0.335 e. The number of nitrogens with zero attached hydrogens (tertiary/aromatic N) is 1. The molecule has 0 saturated carbocycles. The number of hydrogen-bond acceptors (Lipinski definition) is 4. The van der Waals surface area contributed by atoms with Gasteiger partial charge >= 0.3 is 5.97 Å². The van der Waals surface area contributed by atoms with Crippen molar-refractivity contribution >= 4 is 29.2 Å². The van der Waals surface area contributed by atoms with Crippen LogP contribution in [0, 0.1) is 0 Å². The van der Waals surface area contributed by atoms with E-state index in [0.717, 1.165) is 0 Å². The number of rotatable bonds is 3. The van der Waals surface area contributed by atoms with Crippen molar-refractivity contribution < 1.29 is 19.8 Å². The topological polar surface area (TPSA) is 99.5 Å². The summed E-state index contributed by atoms with van der Waals surface area (Å²) in [6.07, 6.45) is 2.49. The largest absolute Gasteiger partial charge is 0.506 e. The van der Waals surface area contributed by atoms with Crippen LogP contribution in [0.1, 0.15) is 20.7 Å². The number of pyridine rings is 1. The van der Waals surface area contributed by atoms with Crippen LogP contribution >= 0.6 is 11.6 Å². The molecule has 0 aliphatic heterocycles. The number of aromatic hydroxyl groups is 1. The Hall–Kier alpha value is -2.60. The van der Waals surface area contributed by atoms with Gasteiger partial charge in [-0.25, -0.2) is 4.79 Å². The average molecular weight is 293 g/mol. The number of carboxylic acids is 1. The van der Waals surface area contributed by atoms with E-state index in [0.29, 0.717) is 0 Å². The summed E-state index contributed by atoms with van der Waals surface area (Å²) in [5.41, 5.74) is 0.445. The van der Waals surface area contributed by atoms with Gasteiger partial charge in [-0.3, -0.25) is 9.78 Å². The van der Waals surface area contributed by atoms with E-state index in [2.05, 4.69) is 10.3 Å². The van der Waals surface area contributed by atoms with E-state index in [1.807, 2.05) is 0 Å². The summed E-state index contributed by atoms with van der Waals surface area (Å²) < 4.78 is 0. The van der Waals surface area contributed by atoms with Crippen molar-refractivity contribution in [1.82, 2.24) is 4.98 Å². The van der Waals surface area contributed by atoms with Crippen molar-refractivity contribution in [3.63, 3.8) is 0 Å². The van der Waals surface area contributed by atoms with Gasteiger partial charge in [0.15, 0.2) is 0 Å². The molecule has 0 fully saturated rings. The molecule has 0 radical (unpaired) electrons. The van der Waals surface area contributed by atoms with E-state index in [4.69, 9.17) is 16.7 Å². The zero-order chi connectivity index (χ0) is 14.7. The minimum atomic E-state index is -1.11. The molecule has 0 bridgehead atoms. The first kappa shape index (κ1) is 13.8. The number of carbonyl (C=O) groups excluding carboxylic acids is 1. The summed E-state index contributed by atoms with van der Waals surface area (Å²) in [5.74, 6) is -1.76. The summed E-state index contributed by atoms with van der Waals surface area (Å²) in [7, 11) is 0. The summed E-state index contributed by atoms with van der Waals surface area (Å²) in [4.78, 5) is 26.3. The number of aromatic carboxylic acids is 1. The molecule has 7 heteroatoms. The van der Waals surface area contributed by atoms with Gasteiger partial charge in [-0.05, 0) is 24.3 Å². The molecule has 0 saturated heterocycles. The number of amides is 1. The Morgan fingerprint density at radius 2 is 1.90 bits per heavy atom. The molecule has 0 atom stereocenters. The number of aromatic nitrogens is 1. The molecule has 6 nitrogen and oxygen atoms in total. The molecule has 1 aromatic heterocycles. The molecular formula is C13H9ClN2O4. The van der Waals surface area contributed by atoms with E-state index in [-0.39, 0.29) is 27.6 Å². The molecule has 0 aliphatic carbocycles. The zero-order valence-electron chi connectivity index (χ0n) is 10.0. The first-order valence-electron chi connectivity index (χ1n) is 5.45. The van der Waals surface area contributed by atoms with Crippen molar-refractivity contribution in [3.8, 4) is 5.75 Å². The summed E-state index contributed by atoms with van der Waals surface area (Å²) in [6.45, 7) is 0. The Morgan fingerprint density at radius 3 is 2.50 bits per heavy atom. The van der Waals surface area contributed by atoms with Crippen molar-refractivity contribution in [2.24, 2.45) is 0 Å². The number of carboxylic acid groups (broad SMARTS) is 1. The summed E-state index contributed by atoms with van der Waals surface area (Å²) in [6, 6.07) is 5.20. The maximum atomic E-state index is 11.9. The van der Waals surface area contributed by atoms with Gasteiger partial charge in [0.1, 0.15) is 5.75 Å². The van der Waals surface area contributed by atoms with Crippen LogP contribution in [-0.4, -0.2) is 27.1 Å².